The van der Waals surface area contributed by atoms with Gasteiger partial charge in [0.25, 0.3) is 0 Å². The number of aliphatic hydroxyl groups is 1. The lowest BCUT2D eigenvalue weighted by Gasteiger charge is -2.24. The van der Waals surface area contributed by atoms with Gasteiger partial charge in [-0.15, -0.1) is 0 Å². The van der Waals surface area contributed by atoms with Gasteiger partial charge in [0, 0.05) is 18.7 Å². The molecule has 0 radical (unpaired) electrons. The first-order valence-corrected chi connectivity index (χ1v) is 10.4. The standard InChI is InChI=1S/C17H31N7O8S/c18-8(6-25)13(28)22-10(3-4-12(26)27)15(30)23-9(2-1-5-21-17(19)20)14(29)24-11(7-33)16(31)32/h8-11,25,33H,1-7,18H2,(H,22,28)(H,23,30)(H,24,29)(H,26,27)(H,31,32)(H4,19,20,21). The summed E-state index contributed by atoms with van der Waals surface area (Å²) >= 11 is 3.86. The number of hydrogen-bond acceptors (Lipinski definition) is 9. The van der Waals surface area contributed by atoms with Gasteiger partial charge in [0.15, 0.2) is 5.96 Å². The van der Waals surface area contributed by atoms with Crippen LogP contribution in [0.5, 0.6) is 0 Å². The summed E-state index contributed by atoms with van der Waals surface area (Å²) in [7, 11) is 0. The van der Waals surface area contributed by atoms with Crippen LogP contribution in [0, 0.1) is 0 Å². The van der Waals surface area contributed by atoms with E-state index in [4.69, 9.17) is 32.5 Å². The van der Waals surface area contributed by atoms with Crippen molar-refractivity contribution in [1.82, 2.24) is 16.0 Å². The van der Waals surface area contributed by atoms with Crippen LogP contribution in [0.1, 0.15) is 25.7 Å². The molecule has 0 saturated heterocycles. The van der Waals surface area contributed by atoms with Gasteiger partial charge in [0.2, 0.25) is 17.7 Å². The summed E-state index contributed by atoms with van der Waals surface area (Å²) in [6.07, 6.45) is -0.615. The Bertz CT molecular complexity index is 732. The molecule has 188 valence electrons. The molecule has 0 saturated carbocycles. The third kappa shape index (κ3) is 12.5. The number of carboxylic acids is 2. The molecule has 4 unspecified atom stereocenters. The molecular weight excluding hydrogens is 462 g/mol. The maximum Gasteiger partial charge on any atom is 0.327 e. The molecule has 12 N–H and O–H groups in total. The Kier molecular flexibility index (Phi) is 14.2. The van der Waals surface area contributed by atoms with Crippen molar-refractivity contribution in [3.05, 3.63) is 0 Å². The monoisotopic (exact) mass is 493 g/mol. The number of nitrogens with two attached hydrogens (primary N) is 3. The molecule has 0 aromatic rings. The second-order valence-corrected chi connectivity index (χ2v) is 7.24. The minimum atomic E-state index is -1.39. The highest BCUT2D eigenvalue weighted by Crippen LogP contribution is 2.05. The van der Waals surface area contributed by atoms with Crippen LogP contribution in [0.4, 0.5) is 0 Å². The van der Waals surface area contributed by atoms with E-state index in [0.717, 1.165) is 0 Å². The molecule has 15 nitrogen and oxygen atoms in total. The number of carbonyl (C=O) groups is 5. The first-order valence-electron chi connectivity index (χ1n) is 9.81. The summed E-state index contributed by atoms with van der Waals surface area (Å²) in [5, 5.41) is 33.8. The Morgan fingerprint density at radius 1 is 0.879 bits per heavy atom. The van der Waals surface area contributed by atoms with Crippen LogP contribution < -0.4 is 33.2 Å². The number of aliphatic hydroxyl groups excluding tert-OH is 1. The third-order valence-electron chi connectivity index (χ3n) is 4.19. The molecule has 16 heteroatoms. The SMILES string of the molecule is NC(N)=NCCCC(NC(=O)C(CCC(=O)O)NC(=O)C(N)CO)C(=O)NC(CS)C(=O)O. The molecule has 0 rings (SSSR count). The van der Waals surface area contributed by atoms with Gasteiger partial charge in [0.1, 0.15) is 24.2 Å². The number of aliphatic imine (C=N–C) groups is 1. The average molecular weight is 494 g/mol. The van der Waals surface area contributed by atoms with E-state index in [1.807, 2.05) is 0 Å². The number of nitrogens with one attached hydrogen (secondary N) is 3. The topological polar surface area (TPSA) is 273 Å². The van der Waals surface area contributed by atoms with Crippen LogP contribution in [0.25, 0.3) is 0 Å². The number of carboxylic acid groups (broad SMARTS) is 2. The van der Waals surface area contributed by atoms with Gasteiger partial charge in [-0.1, -0.05) is 0 Å². The summed E-state index contributed by atoms with van der Waals surface area (Å²) in [5.74, 6) is -5.63. The van der Waals surface area contributed by atoms with Crippen LogP contribution in [0.3, 0.4) is 0 Å². The highest BCUT2D eigenvalue weighted by atomic mass is 32.1. The van der Waals surface area contributed by atoms with Gasteiger partial charge in [-0.25, -0.2) is 4.79 Å². The highest BCUT2D eigenvalue weighted by Gasteiger charge is 2.30. The van der Waals surface area contributed by atoms with Gasteiger partial charge < -0.3 is 48.5 Å². The molecule has 0 aromatic carbocycles. The molecule has 0 aliphatic heterocycles. The summed E-state index contributed by atoms with van der Waals surface area (Å²) in [6.45, 7) is -0.601. The normalized spacial score (nSPS) is 14.2. The van der Waals surface area contributed by atoms with Crippen molar-refractivity contribution in [3.8, 4) is 0 Å². The Morgan fingerprint density at radius 3 is 1.85 bits per heavy atom. The van der Waals surface area contributed by atoms with E-state index in [0.29, 0.717) is 0 Å². The third-order valence-corrected chi connectivity index (χ3v) is 4.55. The zero-order valence-electron chi connectivity index (χ0n) is 17.8. The van der Waals surface area contributed by atoms with Crippen molar-refractivity contribution in [1.29, 1.82) is 0 Å². The number of thiol groups is 1. The average Bonchev–Trinajstić information content (AvgIpc) is 2.75. The number of amides is 3. The Labute approximate surface area is 194 Å². The first-order chi connectivity index (χ1) is 15.4. The molecule has 4 atom stereocenters. The lowest BCUT2D eigenvalue weighted by Crippen LogP contribution is -2.57. The summed E-state index contributed by atoms with van der Waals surface area (Å²) < 4.78 is 0. The van der Waals surface area contributed by atoms with Crippen LogP contribution in [-0.4, -0.2) is 94.0 Å². The smallest absolute Gasteiger partial charge is 0.327 e. The lowest BCUT2D eigenvalue weighted by molar-refractivity contribution is -0.141. The fourth-order valence-electron chi connectivity index (χ4n) is 2.40. The number of rotatable bonds is 16. The van der Waals surface area contributed by atoms with Gasteiger partial charge >= 0.3 is 11.9 Å². The van der Waals surface area contributed by atoms with E-state index in [1.165, 1.54) is 0 Å². The molecule has 0 aliphatic carbocycles. The Hall–Kier alpha value is -3.11. The van der Waals surface area contributed by atoms with Crippen LogP contribution in [0.15, 0.2) is 4.99 Å². The van der Waals surface area contributed by atoms with Crippen molar-refractivity contribution < 1.29 is 39.3 Å². The highest BCUT2D eigenvalue weighted by molar-refractivity contribution is 7.80. The molecule has 0 fully saturated rings. The van der Waals surface area contributed by atoms with E-state index in [1.54, 1.807) is 0 Å². The number of nitrogens with zero attached hydrogens (tertiary/aromatic N) is 1. The van der Waals surface area contributed by atoms with E-state index < -0.39 is 66.9 Å². The first kappa shape index (κ1) is 29.9. The maximum atomic E-state index is 12.7. The minimum Gasteiger partial charge on any atom is -0.481 e. The Balaban J connectivity index is 5.52. The van der Waals surface area contributed by atoms with Crippen LogP contribution in [-0.2, 0) is 24.0 Å². The Morgan fingerprint density at radius 2 is 1.39 bits per heavy atom. The molecule has 3 amide bonds. The second kappa shape index (κ2) is 15.7. The maximum absolute atomic E-state index is 12.7. The van der Waals surface area contributed by atoms with Crippen molar-refractivity contribution in [2.24, 2.45) is 22.2 Å². The summed E-state index contributed by atoms with van der Waals surface area (Å²) in [5.41, 5.74) is 15.9. The van der Waals surface area contributed by atoms with E-state index in [9.17, 15) is 24.0 Å². The fraction of sp³-hybridized carbons (Fsp3) is 0.647. The predicted octanol–water partition coefficient (Wildman–Crippen LogP) is -4.31. The molecule has 0 aromatic heterocycles. The number of guanidine groups is 1. The van der Waals surface area contributed by atoms with Crippen molar-refractivity contribution in [2.75, 3.05) is 18.9 Å². The summed E-state index contributed by atoms with van der Waals surface area (Å²) in [6, 6.07) is -5.33. The van der Waals surface area contributed by atoms with Crippen molar-refractivity contribution >= 4 is 48.2 Å². The molecule has 0 bridgehead atoms. The lowest BCUT2D eigenvalue weighted by atomic mass is 10.1. The minimum absolute atomic E-state index is 0.0109. The second-order valence-electron chi connectivity index (χ2n) is 6.87. The van der Waals surface area contributed by atoms with Gasteiger partial charge in [-0.3, -0.25) is 24.2 Å². The van der Waals surface area contributed by atoms with Crippen molar-refractivity contribution in [2.45, 2.75) is 49.9 Å². The number of carbonyl (C=O) groups excluding carboxylic acids is 3. The zero-order valence-corrected chi connectivity index (χ0v) is 18.7. The molecule has 33 heavy (non-hydrogen) atoms. The van der Waals surface area contributed by atoms with E-state index in [-0.39, 0.29) is 37.5 Å². The van der Waals surface area contributed by atoms with Gasteiger partial charge in [-0.2, -0.15) is 12.6 Å². The molecule has 0 spiro atoms. The van der Waals surface area contributed by atoms with Crippen molar-refractivity contribution in [3.63, 3.8) is 0 Å². The van der Waals surface area contributed by atoms with Gasteiger partial charge in [-0.05, 0) is 19.3 Å². The van der Waals surface area contributed by atoms with E-state index in [2.05, 4.69) is 33.6 Å². The fourth-order valence-corrected chi connectivity index (χ4v) is 2.65. The summed E-state index contributed by atoms with van der Waals surface area (Å²) in [4.78, 5) is 63.2. The largest absolute Gasteiger partial charge is 0.481 e. The zero-order chi connectivity index (χ0) is 25.6. The molecular formula is C17H31N7O8S. The molecule has 0 aliphatic rings. The number of aliphatic carboxylic acids is 2. The number of hydrogen-bond donors (Lipinski definition) is 10. The molecule has 0 heterocycles. The van der Waals surface area contributed by atoms with Crippen LogP contribution in [0.2, 0.25) is 0 Å². The van der Waals surface area contributed by atoms with E-state index >= 15 is 0 Å². The van der Waals surface area contributed by atoms with Crippen LogP contribution >= 0.6 is 12.6 Å². The predicted molar refractivity (Wildman–Crippen MR) is 119 cm³/mol. The van der Waals surface area contributed by atoms with Gasteiger partial charge in [0.05, 0.1) is 6.61 Å². The quantitative estimate of drug-likeness (QED) is 0.0425.